The van der Waals surface area contributed by atoms with Crippen LogP contribution < -0.4 is 5.32 Å². The summed E-state index contributed by atoms with van der Waals surface area (Å²) >= 11 is 0. The minimum absolute atomic E-state index is 0.126. The van der Waals surface area contributed by atoms with E-state index in [9.17, 15) is 4.79 Å². The number of nitrogens with one attached hydrogen (secondary N) is 1. The second-order valence-electron chi connectivity index (χ2n) is 6.27. The van der Waals surface area contributed by atoms with E-state index >= 15 is 0 Å². The van der Waals surface area contributed by atoms with Crippen LogP contribution in [-0.2, 0) is 4.79 Å². The molecule has 22 heavy (non-hydrogen) atoms. The van der Waals surface area contributed by atoms with Gasteiger partial charge < -0.3 is 15.3 Å². The second-order valence-corrected chi connectivity index (χ2v) is 6.27. The SMILES string of the molecule is CC1CCN(C(=O)CNC(CCCO)c2ccccc2)CC1. The molecule has 1 unspecified atom stereocenters. The Morgan fingerprint density at radius 1 is 1.32 bits per heavy atom. The first-order valence-electron chi connectivity index (χ1n) is 8.37. The zero-order valence-corrected chi connectivity index (χ0v) is 13.5. The minimum atomic E-state index is 0.126. The largest absolute Gasteiger partial charge is 0.396 e. The van der Waals surface area contributed by atoms with Crippen molar-refractivity contribution in [3.8, 4) is 0 Å². The van der Waals surface area contributed by atoms with Crippen LogP contribution in [0.4, 0.5) is 0 Å². The molecule has 1 atom stereocenters. The van der Waals surface area contributed by atoms with Crippen LogP contribution in [0.3, 0.4) is 0 Å². The smallest absolute Gasteiger partial charge is 0.236 e. The highest BCUT2D eigenvalue weighted by atomic mass is 16.3. The maximum atomic E-state index is 12.3. The lowest BCUT2D eigenvalue weighted by Crippen LogP contribution is -2.43. The maximum absolute atomic E-state index is 12.3. The average molecular weight is 304 g/mol. The van der Waals surface area contributed by atoms with Crippen LogP contribution in [0, 0.1) is 5.92 Å². The second kappa shape index (κ2) is 8.91. The van der Waals surface area contributed by atoms with Crippen molar-refractivity contribution in [2.45, 2.75) is 38.6 Å². The fourth-order valence-electron chi connectivity index (χ4n) is 2.95. The molecule has 1 aromatic rings. The Kier molecular flexibility index (Phi) is 6.87. The molecule has 0 saturated carbocycles. The topological polar surface area (TPSA) is 52.6 Å². The van der Waals surface area contributed by atoms with Gasteiger partial charge >= 0.3 is 0 Å². The first-order valence-corrected chi connectivity index (χ1v) is 8.37. The molecule has 0 spiro atoms. The Morgan fingerprint density at radius 3 is 2.64 bits per heavy atom. The van der Waals surface area contributed by atoms with Crippen LogP contribution >= 0.6 is 0 Å². The summed E-state index contributed by atoms with van der Waals surface area (Å²) in [7, 11) is 0. The highest BCUT2D eigenvalue weighted by molar-refractivity contribution is 5.78. The molecule has 0 bridgehead atoms. The molecule has 4 heteroatoms. The molecule has 2 N–H and O–H groups in total. The minimum Gasteiger partial charge on any atom is -0.396 e. The summed E-state index contributed by atoms with van der Waals surface area (Å²) in [4.78, 5) is 14.3. The van der Waals surface area contributed by atoms with Crippen molar-refractivity contribution >= 4 is 5.91 Å². The number of aliphatic hydroxyl groups excluding tert-OH is 1. The van der Waals surface area contributed by atoms with Crippen molar-refractivity contribution in [2.24, 2.45) is 5.92 Å². The molecule has 0 radical (unpaired) electrons. The first-order chi connectivity index (χ1) is 10.7. The van der Waals surface area contributed by atoms with Gasteiger partial charge in [0.25, 0.3) is 0 Å². The van der Waals surface area contributed by atoms with Gasteiger partial charge in [0, 0.05) is 25.7 Å². The Morgan fingerprint density at radius 2 is 2.00 bits per heavy atom. The highest BCUT2D eigenvalue weighted by Crippen LogP contribution is 2.19. The number of nitrogens with zero attached hydrogens (tertiary/aromatic N) is 1. The lowest BCUT2D eigenvalue weighted by Gasteiger charge is -2.31. The van der Waals surface area contributed by atoms with Crippen molar-refractivity contribution < 1.29 is 9.90 Å². The molecule has 1 aliphatic heterocycles. The number of hydrogen-bond donors (Lipinski definition) is 2. The fourth-order valence-corrected chi connectivity index (χ4v) is 2.95. The van der Waals surface area contributed by atoms with E-state index in [2.05, 4.69) is 24.4 Å². The third-order valence-corrected chi connectivity index (χ3v) is 4.49. The quantitative estimate of drug-likeness (QED) is 0.813. The van der Waals surface area contributed by atoms with Crippen molar-refractivity contribution in [3.63, 3.8) is 0 Å². The zero-order chi connectivity index (χ0) is 15.8. The van der Waals surface area contributed by atoms with Crippen molar-refractivity contribution in [1.82, 2.24) is 10.2 Å². The lowest BCUT2D eigenvalue weighted by atomic mass is 9.99. The van der Waals surface area contributed by atoms with Gasteiger partial charge in [0.2, 0.25) is 5.91 Å². The lowest BCUT2D eigenvalue weighted by molar-refractivity contribution is -0.131. The number of aliphatic hydroxyl groups is 1. The monoisotopic (exact) mass is 304 g/mol. The van der Waals surface area contributed by atoms with Crippen LogP contribution in [0.2, 0.25) is 0 Å². The third kappa shape index (κ3) is 5.11. The Balaban J connectivity index is 1.86. The van der Waals surface area contributed by atoms with Gasteiger partial charge in [0.15, 0.2) is 0 Å². The molecule has 0 aromatic heterocycles. The fraction of sp³-hybridized carbons (Fsp3) is 0.611. The summed E-state index contributed by atoms with van der Waals surface area (Å²) in [6.07, 6.45) is 3.80. The van der Waals surface area contributed by atoms with E-state index in [0.717, 1.165) is 44.7 Å². The molecule has 1 saturated heterocycles. The molecule has 1 aliphatic rings. The number of carbonyl (C=O) groups is 1. The molecule has 1 aromatic carbocycles. The van der Waals surface area contributed by atoms with Crippen molar-refractivity contribution in [2.75, 3.05) is 26.2 Å². The van der Waals surface area contributed by atoms with Gasteiger partial charge in [0.05, 0.1) is 6.54 Å². The van der Waals surface area contributed by atoms with E-state index < -0.39 is 0 Å². The van der Waals surface area contributed by atoms with Gasteiger partial charge in [-0.15, -0.1) is 0 Å². The summed E-state index contributed by atoms with van der Waals surface area (Å²) < 4.78 is 0. The molecule has 4 nitrogen and oxygen atoms in total. The van der Waals surface area contributed by atoms with Gasteiger partial charge in [-0.1, -0.05) is 37.3 Å². The van der Waals surface area contributed by atoms with E-state index in [1.807, 2.05) is 23.1 Å². The van der Waals surface area contributed by atoms with E-state index in [-0.39, 0.29) is 18.6 Å². The molecular formula is C18H28N2O2. The predicted octanol–water partition coefficient (Wildman–Crippen LogP) is 2.35. The summed E-state index contributed by atoms with van der Waals surface area (Å²) in [5.74, 6) is 0.926. The molecule has 0 aliphatic carbocycles. The Hall–Kier alpha value is -1.39. The van der Waals surface area contributed by atoms with Gasteiger partial charge in [-0.2, -0.15) is 0 Å². The molecule has 1 fully saturated rings. The van der Waals surface area contributed by atoms with Gasteiger partial charge in [-0.3, -0.25) is 4.79 Å². The number of piperidine rings is 1. The number of amides is 1. The molecular weight excluding hydrogens is 276 g/mol. The predicted molar refractivity (Wildman–Crippen MR) is 88.5 cm³/mol. The highest BCUT2D eigenvalue weighted by Gasteiger charge is 2.21. The normalized spacial score (nSPS) is 17.5. The van der Waals surface area contributed by atoms with Gasteiger partial charge in [-0.05, 0) is 37.2 Å². The van der Waals surface area contributed by atoms with E-state index in [0.29, 0.717) is 6.54 Å². The summed E-state index contributed by atoms with van der Waals surface area (Å²) in [6, 6.07) is 10.3. The zero-order valence-electron chi connectivity index (χ0n) is 13.5. The number of hydrogen-bond acceptors (Lipinski definition) is 3. The van der Waals surface area contributed by atoms with Gasteiger partial charge in [0.1, 0.15) is 0 Å². The Bertz CT molecular complexity index is 442. The number of likely N-dealkylation sites (tertiary alicyclic amines) is 1. The van der Waals surface area contributed by atoms with Crippen molar-refractivity contribution in [3.05, 3.63) is 35.9 Å². The van der Waals surface area contributed by atoms with Crippen LogP contribution in [0.5, 0.6) is 0 Å². The molecule has 122 valence electrons. The van der Waals surface area contributed by atoms with E-state index in [1.165, 1.54) is 5.56 Å². The van der Waals surface area contributed by atoms with Crippen LogP contribution in [-0.4, -0.2) is 42.2 Å². The van der Waals surface area contributed by atoms with E-state index in [4.69, 9.17) is 5.11 Å². The average Bonchev–Trinajstić information content (AvgIpc) is 2.56. The number of carbonyl (C=O) groups excluding carboxylic acids is 1. The molecule has 1 amide bonds. The van der Waals surface area contributed by atoms with Crippen LogP contribution in [0.1, 0.15) is 44.2 Å². The third-order valence-electron chi connectivity index (χ3n) is 4.49. The standard InChI is InChI=1S/C18H28N2O2/c1-15-9-11-20(12-10-15)18(22)14-19-17(8-5-13-21)16-6-3-2-4-7-16/h2-4,6-7,15,17,19,21H,5,8-14H2,1H3. The first kappa shape index (κ1) is 17.0. The summed E-state index contributed by atoms with van der Waals surface area (Å²) in [5.41, 5.74) is 1.18. The molecule has 1 heterocycles. The van der Waals surface area contributed by atoms with E-state index in [1.54, 1.807) is 0 Å². The van der Waals surface area contributed by atoms with Crippen LogP contribution in [0.25, 0.3) is 0 Å². The maximum Gasteiger partial charge on any atom is 0.236 e. The van der Waals surface area contributed by atoms with Crippen molar-refractivity contribution in [1.29, 1.82) is 0 Å². The molecule has 2 rings (SSSR count). The van der Waals surface area contributed by atoms with Gasteiger partial charge in [-0.25, -0.2) is 0 Å². The summed E-state index contributed by atoms with van der Waals surface area (Å²) in [6.45, 7) is 4.57. The number of rotatable bonds is 7. The number of benzene rings is 1. The summed E-state index contributed by atoms with van der Waals surface area (Å²) in [5, 5.41) is 12.4. The van der Waals surface area contributed by atoms with Crippen LogP contribution in [0.15, 0.2) is 30.3 Å². The Labute approximate surface area is 133 Å².